The Morgan fingerprint density at radius 3 is 2.72 bits per heavy atom. The summed E-state index contributed by atoms with van der Waals surface area (Å²) >= 11 is 0. The predicted molar refractivity (Wildman–Crippen MR) is 96.8 cm³/mol. The molecule has 0 radical (unpaired) electrons. The first kappa shape index (κ1) is 16.2. The van der Waals surface area contributed by atoms with Crippen molar-refractivity contribution in [3.63, 3.8) is 0 Å². The number of hydrogen-bond donors (Lipinski definition) is 2. The van der Waals surface area contributed by atoms with E-state index in [9.17, 15) is 4.39 Å². The molecule has 2 aliphatic carbocycles. The highest BCUT2D eigenvalue weighted by atomic mass is 19.1. The molecule has 2 N–H and O–H groups in total. The highest BCUT2D eigenvalue weighted by Gasteiger charge is 2.21. The third-order valence-electron chi connectivity index (χ3n) is 4.82. The van der Waals surface area contributed by atoms with Gasteiger partial charge >= 0.3 is 0 Å². The van der Waals surface area contributed by atoms with Crippen molar-refractivity contribution in [1.82, 2.24) is 19.9 Å². The van der Waals surface area contributed by atoms with Gasteiger partial charge in [0.1, 0.15) is 11.5 Å². The predicted octanol–water partition coefficient (Wildman–Crippen LogP) is 3.89. The van der Waals surface area contributed by atoms with Gasteiger partial charge in [-0.2, -0.15) is 0 Å². The van der Waals surface area contributed by atoms with E-state index in [4.69, 9.17) is 0 Å². The van der Waals surface area contributed by atoms with Crippen LogP contribution in [0.5, 0.6) is 0 Å². The Kier molecular flexibility index (Phi) is 4.72. The molecular formula is C18H25FN6. The van der Waals surface area contributed by atoms with Crippen LogP contribution in [-0.2, 0) is 0 Å². The standard InChI is InChI=1S/C18H23FN6.H2/c19-14-11-22-18(23-13-4-2-1-3-5-13)25-16(14)17-20-9-8-15(24-17)21-10-12-6-7-12;/h8-9,11-13H,1-7,10H2,(H,20,21,24)(H,22,23,25);1H. The summed E-state index contributed by atoms with van der Waals surface area (Å²) in [6.45, 7) is 0.900. The van der Waals surface area contributed by atoms with E-state index < -0.39 is 5.82 Å². The summed E-state index contributed by atoms with van der Waals surface area (Å²) in [7, 11) is 0. The minimum atomic E-state index is -0.506. The fourth-order valence-corrected chi connectivity index (χ4v) is 3.17. The average molecular weight is 344 g/mol. The molecule has 2 fully saturated rings. The lowest BCUT2D eigenvalue weighted by Crippen LogP contribution is -2.23. The number of nitrogens with one attached hydrogen (secondary N) is 2. The minimum absolute atomic E-state index is 0. The second-order valence-corrected chi connectivity index (χ2v) is 6.96. The summed E-state index contributed by atoms with van der Waals surface area (Å²) in [6, 6.07) is 2.16. The van der Waals surface area contributed by atoms with Crippen molar-refractivity contribution >= 4 is 11.8 Å². The van der Waals surface area contributed by atoms with Crippen molar-refractivity contribution in [2.45, 2.75) is 51.0 Å². The van der Waals surface area contributed by atoms with Crippen molar-refractivity contribution in [3.8, 4) is 11.5 Å². The Hall–Kier alpha value is -2.31. The molecule has 2 saturated carbocycles. The molecule has 0 spiro atoms. The van der Waals surface area contributed by atoms with E-state index >= 15 is 0 Å². The Balaban J connectivity index is 0.00000196. The van der Waals surface area contributed by atoms with Crippen molar-refractivity contribution < 1.29 is 5.82 Å². The van der Waals surface area contributed by atoms with E-state index in [0.29, 0.717) is 17.8 Å². The topological polar surface area (TPSA) is 75.6 Å². The maximum Gasteiger partial charge on any atom is 0.223 e. The molecule has 0 atom stereocenters. The molecule has 0 aromatic carbocycles. The highest BCUT2D eigenvalue weighted by Crippen LogP contribution is 2.29. The van der Waals surface area contributed by atoms with Crippen LogP contribution >= 0.6 is 0 Å². The van der Waals surface area contributed by atoms with Crippen LogP contribution in [0.15, 0.2) is 18.5 Å². The number of anilines is 2. The van der Waals surface area contributed by atoms with Gasteiger partial charge in [-0.3, -0.25) is 0 Å². The fraction of sp³-hybridized carbons (Fsp3) is 0.556. The van der Waals surface area contributed by atoms with Gasteiger partial charge in [0.15, 0.2) is 11.6 Å². The summed E-state index contributed by atoms with van der Waals surface area (Å²) in [5.74, 6) is 1.67. The molecule has 0 aliphatic heterocycles. The zero-order valence-electron chi connectivity index (χ0n) is 14.2. The van der Waals surface area contributed by atoms with E-state index in [1.807, 2.05) is 0 Å². The summed E-state index contributed by atoms with van der Waals surface area (Å²) in [4.78, 5) is 17.0. The molecule has 6 nitrogen and oxygen atoms in total. The smallest absolute Gasteiger partial charge is 0.223 e. The Labute approximate surface area is 148 Å². The second kappa shape index (κ2) is 7.29. The van der Waals surface area contributed by atoms with Gasteiger partial charge in [0.05, 0.1) is 6.20 Å². The Morgan fingerprint density at radius 1 is 1.08 bits per heavy atom. The first-order valence-electron chi connectivity index (χ1n) is 9.14. The maximum atomic E-state index is 14.2. The molecule has 0 unspecified atom stereocenters. The molecule has 2 aromatic heterocycles. The lowest BCUT2D eigenvalue weighted by atomic mass is 9.96. The minimum Gasteiger partial charge on any atom is -0.370 e. The van der Waals surface area contributed by atoms with Crippen LogP contribution < -0.4 is 10.6 Å². The molecule has 2 aliphatic rings. The van der Waals surface area contributed by atoms with Crippen LogP contribution in [0.1, 0.15) is 46.4 Å². The van der Waals surface area contributed by atoms with Crippen LogP contribution in [0.3, 0.4) is 0 Å². The summed E-state index contributed by atoms with van der Waals surface area (Å²) in [6.07, 6.45) is 11.3. The first-order chi connectivity index (χ1) is 12.3. The van der Waals surface area contributed by atoms with Crippen LogP contribution in [0.25, 0.3) is 11.5 Å². The van der Waals surface area contributed by atoms with Crippen molar-refractivity contribution in [2.75, 3.05) is 17.2 Å². The van der Waals surface area contributed by atoms with Crippen LogP contribution in [0, 0.1) is 11.7 Å². The molecule has 2 heterocycles. The quantitative estimate of drug-likeness (QED) is 0.828. The lowest BCUT2D eigenvalue weighted by molar-refractivity contribution is 0.460. The summed E-state index contributed by atoms with van der Waals surface area (Å²) < 4.78 is 14.2. The van der Waals surface area contributed by atoms with Crippen molar-refractivity contribution in [1.29, 1.82) is 0 Å². The Morgan fingerprint density at radius 2 is 1.92 bits per heavy atom. The number of aromatic nitrogens is 4. The largest absolute Gasteiger partial charge is 0.370 e. The van der Waals surface area contributed by atoms with Gasteiger partial charge in [-0.1, -0.05) is 19.3 Å². The molecular weight excluding hydrogens is 319 g/mol. The SMILES string of the molecule is Fc1cnc(NC2CCCCC2)nc1-c1nccc(NCC2CC2)n1.[HH]. The molecule has 4 rings (SSSR count). The number of halogens is 1. The monoisotopic (exact) mass is 344 g/mol. The van der Waals surface area contributed by atoms with Gasteiger partial charge in [-0.05, 0) is 37.7 Å². The van der Waals surface area contributed by atoms with Crippen LogP contribution in [0.4, 0.5) is 16.2 Å². The fourth-order valence-electron chi connectivity index (χ4n) is 3.17. The molecule has 0 bridgehead atoms. The van der Waals surface area contributed by atoms with E-state index in [1.165, 1.54) is 38.3 Å². The molecule has 7 heteroatoms. The maximum absolute atomic E-state index is 14.2. The molecule has 2 aromatic rings. The van der Waals surface area contributed by atoms with E-state index in [-0.39, 0.29) is 12.9 Å². The molecule has 0 saturated heterocycles. The number of rotatable bonds is 6. The van der Waals surface area contributed by atoms with Gasteiger partial charge in [-0.15, -0.1) is 0 Å². The van der Waals surface area contributed by atoms with Crippen molar-refractivity contribution in [2.24, 2.45) is 5.92 Å². The van der Waals surface area contributed by atoms with Gasteiger partial charge in [-0.25, -0.2) is 24.3 Å². The zero-order valence-corrected chi connectivity index (χ0v) is 14.2. The molecule has 25 heavy (non-hydrogen) atoms. The van der Waals surface area contributed by atoms with E-state index in [1.54, 1.807) is 12.3 Å². The number of hydrogen-bond acceptors (Lipinski definition) is 6. The normalized spacial score (nSPS) is 18.1. The van der Waals surface area contributed by atoms with Gasteiger partial charge in [0.25, 0.3) is 0 Å². The first-order valence-corrected chi connectivity index (χ1v) is 9.14. The van der Waals surface area contributed by atoms with Crippen LogP contribution in [0.2, 0.25) is 0 Å². The third-order valence-corrected chi connectivity index (χ3v) is 4.82. The molecule has 134 valence electrons. The summed E-state index contributed by atoms with van der Waals surface area (Å²) in [5, 5.41) is 6.61. The average Bonchev–Trinajstić information content (AvgIpc) is 3.47. The number of nitrogens with zero attached hydrogens (tertiary/aromatic N) is 4. The van der Waals surface area contributed by atoms with Gasteiger partial charge in [0.2, 0.25) is 5.95 Å². The highest BCUT2D eigenvalue weighted by molar-refractivity contribution is 5.54. The lowest BCUT2D eigenvalue weighted by Gasteiger charge is -2.22. The van der Waals surface area contributed by atoms with Gasteiger partial charge < -0.3 is 10.6 Å². The Bertz CT molecular complexity index is 733. The van der Waals surface area contributed by atoms with E-state index in [0.717, 1.165) is 25.3 Å². The summed E-state index contributed by atoms with van der Waals surface area (Å²) in [5.41, 5.74) is 0.142. The van der Waals surface area contributed by atoms with Gasteiger partial charge in [0, 0.05) is 20.2 Å². The molecule has 0 amide bonds. The van der Waals surface area contributed by atoms with Crippen molar-refractivity contribution in [3.05, 3.63) is 24.3 Å². The second-order valence-electron chi connectivity index (χ2n) is 6.96. The zero-order chi connectivity index (χ0) is 17.1. The third kappa shape index (κ3) is 4.21. The van der Waals surface area contributed by atoms with E-state index in [2.05, 4.69) is 30.6 Å². The van der Waals surface area contributed by atoms with Crippen LogP contribution in [-0.4, -0.2) is 32.5 Å².